The molecule has 0 aliphatic heterocycles. The standard InChI is InChI=1S/C18H22.CHNO/c1-2-3-4-6-9-16-12-14-18(15-13-16)17-10-7-5-8-11-17;2-1-3/h5,7-12,14-15H,2-4,6,13H2,1H3;2H. The van der Waals surface area contributed by atoms with Gasteiger partial charge in [-0.25, -0.2) is 10.2 Å². The molecule has 0 unspecified atom stereocenters. The van der Waals surface area contributed by atoms with Gasteiger partial charge in [-0.2, -0.15) is 0 Å². The van der Waals surface area contributed by atoms with E-state index in [1.807, 2.05) is 0 Å². The van der Waals surface area contributed by atoms with Crippen molar-refractivity contribution in [1.29, 1.82) is 5.41 Å². The maximum Gasteiger partial charge on any atom is 0.231 e. The van der Waals surface area contributed by atoms with E-state index in [-0.39, 0.29) is 0 Å². The number of rotatable bonds is 5. The molecule has 1 aliphatic rings. The van der Waals surface area contributed by atoms with Crippen molar-refractivity contribution < 1.29 is 4.79 Å². The fourth-order valence-electron chi connectivity index (χ4n) is 2.24. The van der Waals surface area contributed by atoms with Crippen molar-refractivity contribution in [3.63, 3.8) is 0 Å². The molecule has 110 valence electrons. The normalized spacial score (nSPS) is 14.9. The second kappa shape index (κ2) is 10.6. The van der Waals surface area contributed by atoms with Crippen molar-refractivity contribution >= 4 is 11.7 Å². The average Bonchev–Trinajstić information content (AvgIpc) is 2.54. The Bertz CT molecular complexity index is 532. The lowest BCUT2D eigenvalue weighted by Crippen LogP contribution is -1.88. The Kier molecular flexibility index (Phi) is 8.51. The van der Waals surface area contributed by atoms with Gasteiger partial charge in [0.1, 0.15) is 0 Å². The zero-order valence-electron chi connectivity index (χ0n) is 12.6. The molecular formula is C19H23NO. The highest BCUT2D eigenvalue weighted by Crippen LogP contribution is 2.24. The largest absolute Gasteiger partial charge is 0.231 e. The highest BCUT2D eigenvalue weighted by atomic mass is 16.1. The van der Waals surface area contributed by atoms with Gasteiger partial charge in [-0.05, 0) is 36.0 Å². The van der Waals surface area contributed by atoms with E-state index in [1.165, 1.54) is 42.4 Å². The summed E-state index contributed by atoms with van der Waals surface area (Å²) >= 11 is 0. The molecule has 0 radical (unpaired) electrons. The molecule has 2 nitrogen and oxygen atoms in total. The molecule has 1 N–H and O–H groups in total. The van der Waals surface area contributed by atoms with Crippen LogP contribution in [0.5, 0.6) is 0 Å². The van der Waals surface area contributed by atoms with Crippen molar-refractivity contribution in [3.8, 4) is 0 Å². The van der Waals surface area contributed by atoms with Crippen LogP contribution in [-0.4, -0.2) is 6.08 Å². The van der Waals surface area contributed by atoms with E-state index in [1.54, 1.807) is 0 Å². The summed E-state index contributed by atoms with van der Waals surface area (Å²) in [5.74, 6) is 0. The van der Waals surface area contributed by atoms with Gasteiger partial charge in [0.15, 0.2) is 0 Å². The number of hydrogen-bond donors (Lipinski definition) is 1. The molecule has 1 aromatic carbocycles. The van der Waals surface area contributed by atoms with Gasteiger partial charge < -0.3 is 0 Å². The van der Waals surface area contributed by atoms with Gasteiger partial charge in [0.2, 0.25) is 6.08 Å². The second-order valence-corrected chi connectivity index (χ2v) is 4.94. The van der Waals surface area contributed by atoms with Crippen molar-refractivity contribution in [1.82, 2.24) is 0 Å². The summed E-state index contributed by atoms with van der Waals surface area (Å²) in [7, 11) is 0. The van der Waals surface area contributed by atoms with Gasteiger partial charge in [0, 0.05) is 0 Å². The highest BCUT2D eigenvalue weighted by Gasteiger charge is 2.02. The van der Waals surface area contributed by atoms with Crippen molar-refractivity contribution in [2.24, 2.45) is 0 Å². The summed E-state index contributed by atoms with van der Waals surface area (Å²) in [4.78, 5) is 8.35. The average molecular weight is 281 g/mol. The van der Waals surface area contributed by atoms with Gasteiger partial charge in [-0.3, -0.25) is 0 Å². The fourth-order valence-corrected chi connectivity index (χ4v) is 2.24. The number of carbonyl (C=O) groups excluding carboxylic acids is 1. The first-order valence-corrected chi connectivity index (χ1v) is 7.48. The number of unbranched alkanes of at least 4 members (excludes halogenated alkanes) is 3. The van der Waals surface area contributed by atoms with Gasteiger partial charge in [-0.1, -0.05) is 74.4 Å². The van der Waals surface area contributed by atoms with Gasteiger partial charge in [0.05, 0.1) is 0 Å². The van der Waals surface area contributed by atoms with Crippen LogP contribution in [0.15, 0.2) is 60.2 Å². The van der Waals surface area contributed by atoms with Crippen molar-refractivity contribution in [2.75, 3.05) is 0 Å². The SMILES string of the molecule is CCCCCC=C1C=CC(c2ccccc2)=CC1.N=C=O. The summed E-state index contributed by atoms with van der Waals surface area (Å²) in [6.07, 6.45) is 16.3. The zero-order chi connectivity index (χ0) is 15.3. The Morgan fingerprint density at radius 3 is 2.48 bits per heavy atom. The summed E-state index contributed by atoms with van der Waals surface area (Å²) in [5, 5.41) is 5.40. The van der Waals surface area contributed by atoms with Crippen molar-refractivity contribution in [3.05, 3.63) is 65.8 Å². The lowest BCUT2D eigenvalue weighted by molar-refractivity contribution is 0.563. The van der Waals surface area contributed by atoms with Crippen LogP contribution in [0.2, 0.25) is 0 Å². The molecule has 0 heterocycles. The van der Waals surface area contributed by atoms with E-state index < -0.39 is 0 Å². The van der Waals surface area contributed by atoms with Crippen molar-refractivity contribution in [2.45, 2.75) is 39.0 Å². The van der Waals surface area contributed by atoms with E-state index in [9.17, 15) is 0 Å². The van der Waals surface area contributed by atoms with Gasteiger partial charge in [-0.15, -0.1) is 0 Å². The number of allylic oxidation sites excluding steroid dienone is 6. The minimum atomic E-state index is 0.750. The number of hydrogen-bond acceptors (Lipinski definition) is 2. The summed E-state index contributed by atoms with van der Waals surface area (Å²) < 4.78 is 0. The third kappa shape index (κ3) is 6.69. The fraction of sp³-hybridized carbons (Fsp3) is 0.316. The molecule has 0 saturated carbocycles. The zero-order valence-corrected chi connectivity index (χ0v) is 12.6. The van der Waals surface area contributed by atoms with E-state index in [4.69, 9.17) is 10.2 Å². The second-order valence-electron chi connectivity index (χ2n) is 4.94. The summed E-state index contributed by atoms with van der Waals surface area (Å²) in [6.45, 7) is 2.25. The first-order chi connectivity index (χ1) is 10.3. The number of isocyanates is 1. The summed E-state index contributed by atoms with van der Waals surface area (Å²) in [6, 6.07) is 10.6. The minimum Gasteiger partial charge on any atom is -0.222 e. The Balaban J connectivity index is 0.000000677. The molecule has 0 bridgehead atoms. The molecule has 1 aliphatic carbocycles. The molecule has 0 amide bonds. The Labute approximate surface area is 127 Å². The number of benzene rings is 1. The Morgan fingerprint density at radius 1 is 1.19 bits per heavy atom. The molecule has 1 aromatic rings. The predicted octanol–water partition coefficient (Wildman–Crippen LogP) is 5.44. The molecule has 0 aromatic heterocycles. The molecule has 0 spiro atoms. The maximum absolute atomic E-state index is 8.35. The van der Waals surface area contributed by atoms with Crippen LogP contribution in [-0.2, 0) is 4.79 Å². The lowest BCUT2D eigenvalue weighted by Gasteiger charge is -2.09. The molecule has 0 saturated heterocycles. The molecule has 21 heavy (non-hydrogen) atoms. The van der Waals surface area contributed by atoms with Crippen LogP contribution in [0.25, 0.3) is 5.57 Å². The van der Waals surface area contributed by atoms with Gasteiger partial charge in [0.25, 0.3) is 0 Å². The van der Waals surface area contributed by atoms with Crippen LogP contribution in [0.4, 0.5) is 0 Å². The Hall–Kier alpha value is -2.18. The predicted molar refractivity (Wildman–Crippen MR) is 88.8 cm³/mol. The van der Waals surface area contributed by atoms with Crippen LogP contribution < -0.4 is 0 Å². The molecule has 0 fully saturated rings. The van der Waals surface area contributed by atoms with E-state index in [2.05, 4.69) is 61.6 Å². The summed E-state index contributed by atoms with van der Waals surface area (Å²) in [5.41, 5.74) is 4.13. The van der Waals surface area contributed by atoms with E-state index in [0.717, 1.165) is 12.5 Å². The minimum absolute atomic E-state index is 0.750. The molecule has 2 rings (SSSR count). The molecule has 0 atom stereocenters. The van der Waals surface area contributed by atoms with E-state index >= 15 is 0 Å². The van der Waals surface area contributed by atoms with Crippen LogP contribution in [0.1, 0.15) is 44.6 Å². The first kappa shape index (κ1) is 16.9. The maximum atomic E-state index is 8.35. The topological polar surface area (TPSA) is 40.9 Å². The quantitative estimate of drug-likeness (QED) is 0.436. The first-order valence-electron chi connectivity index (χ1n) is 7.48. The lowest BCUT2D eigenvalue weighted by atomic mass is 9.96. The number of nitrogens with one attached hydrogen (secondary N) is 1. The van der Waals surface area contributed by atoms with Crippen LogP contribution in [0.3, 0.4) is 0 Å². The highest BCUT2D eigenvalue weighted by molar-refractivity contribution is 5.76. The van der Waals surface area contributed by atoms with Gasteiger partial charge >= 0.3 is 0 Å². The smallest absolute Gasteiger partial charge is 0.222 e. The monoisotopic (exact) mass is 281 g/mol. The third-order valence-corrected chi connectivity index (χ3v) is 3.36. The van der Waals surface area contributed by atoms with Crippen LogP contribution >= 0.6 is 0 Å². The third-order valence-electron chi connectivity index (χ3n) is 3.36. The molecule has 2 heteroatoms. The van der Waals surface area contributed by atoms with E-state index in [0.29, 0.717) is 0 Å². The Morgan fingerprint density at radius 2 is 1.90 bits per heavy atom. The van der Waals surface area contributed by atoms with Crippen LogP contribution in [0, 0.1) is 5.41 Å². The molecular weight excluding hydrogens is 258 g/mol.